The van der Waals surface area contributed by atoms with Crippen LogP contribution in [0.5, 0.6) is 11.8 Å². The smallest absolute Gasteiger partial charge is 0.296 e. The van der Waals surface area contributed by atoms with Gasteiger partial charge >= 0.3 is 0 Å². The van der Waals surface area contributed by atoms with Crippen LogP contribution in [0, 0.1) is 5.82 Å². The van der Waals surface area contributed by atoms with Crippen LogP contribution in [0.2, 0.25) is 5.02 Å². The minimum Gasteiger partial charge on any atom is -0.491 e. The first-order valence-electron chi connectivity index (χ1n) is 12.7. The number of H-pyrrole nitrogens is 1. The highest BCUT2D eigenvalue weighted by Crippen LogP contribution is 2.40. The molecule has 9 nitrogen and oxygen atoms in total. The maximum Gasteiger partial charge on any atom is 0.296 e. The van der Waals surface area contributed by atoms with Crippen LogP contribution in [-0.4, -0.2) is 77.0 Å². The Bertz CT molecular complexity index is 1330. The zero-order valence-electron chi connectivity index (χ0n) is 20.0. The number of hydrogen-bond donors (Lipinski definition) is 2. The second kappa shape index (κ2) is 9.36. The van der Waals surface area contributed by atoms with Crippen molar-refractivity contribution in [2.75, 3.05) is 26.4 Å². The highest BCUT2D eigenvalue weighted by molar-refractivity contribution is 6.31. The molecule has 3 aromatic rings. The van der Waals surface area contributed by atoms with E-state index < -0.39 is 6.10 Å². The number of fused-ring (bicyclic) bond motifs is 3. The lowest BCUT2D eigenvalue weighted by Crippen LogP contribution is -2.34. The molecule has 37 heavy (non-hydrogen) atoms. The minimum atomic E-state index is -0.649. The fraction of sp³-hybridized carbons (Fsp3) is 0.538. The molecule has 1 aliphatic carbocycles. The van der Waals surface area contributed by atoms with Crippen LogP contribution in [0.3, 0.4) is 0 Å². The molecule has 2 aromatic heterocycles. The summed E-state index contributed by atoms with van der Waals surface area (Å²) in [4.78, 5) is 12.3. The Morgan fingerprint density at radius 3 is 2.81 bits per heavy atom. The van der Waals surface area contributed by atoms with Crippen LogP contribution in [0.15, 0.2) is 18.2 Å². The second-order valence-corrected chi connectivity index (χ2v) is 10.6. The van der Waals surface area contributed by atoms with Crippen molar-refractivity contribution in [3.63, 3.8) is 0 Å². The summed E-state index contributed by atoms with van der Waals surface area (Å²) in [7, 11) is 0. The molecule has 11 heteroatoms. The van der Waals surface area contributed by atoms with Crippen molar-refractivity contribution in [3.05, 3.63) is 45.9 Å². The SMILES string of the molecule is O[C@@H]1CO[C@H]2[C@@H]1OC[C@H]2Oc1nc2nc(CC3CCc4cc(OCC5CCO5)cc(F)c43)c(Cl)cc2[nH]1. The van der Waals surface area contributed by atoms with Gasteiger partial charge < -0.3 is 33.8 Å². The summed E-state index contributed by atoms with van der Waals surface area (Å²) in [6.07, 6.45) is 1.41. The van der Waals surface area contributed by atoms with Gasteiger partial charge in [0.05, 0.1) is 35.6 Å². The molecule has 3 saturated heterocycles. The lowest BCUT2D eigenvalue weighted by Gasteiger charge is -2.26. The van der Waals surface area contributed by atoms with Gasteiger partial charge in [0, 0.05) is 19.1 Å². The monoisotopic (exact) mass is 531 g/mol. The molecule has 5 heterocycles. The number of aromatic amines is 1. The van der Waals surface area contributed by atoms with Gasteiger partial charge in [-0.3, -0.25) is 0 Å². The predicted molar refractivity (Wildman–Crippen MR) is 130 cm³/mol. The van der Waals surface area contributed by atoms with Gasteiger partial charge in [0.25, 0.3) is 6.01 Å². The zero-order chi connectivity index (χ0) is 25.1. The Hall–Kier alpha value is -2.50. The Labute approximate surface area is 217 Å². The van der Waals surface area contributed by atoms with E-state index in [0.29, 0.717) is 52.8 Å². The molecule has 0 radical (unpaired) electrons. The number of pyridine rings is 1. The second-order valence-electron chi connectivity index (χ2n) is 10.2. The molecule has 196 valence electrons. The molecular formula is C26H27ClFN3O6. The molecule has 0 amide bonds. The van der Waals surface area contributed by atoms with Gasteiger partial charge in [-0.25, -0.2) is 9.37 Å². The van der Waals surface area contributed by atoms with E-state index in [1.807, 2.05) is 6.07 Å². The topological polar surface area (TPSA) is 108 Å². The van der Waals surface area contributed by atoms with Crippen LogP contribution < -0.4 is 9.47 Å². The van der Waals surface area contributed by atoms with E-state index in [2.05, 4.69) is 15.0 Å². The molecule has 7 rings (SSSR count). The lowest BCUT2D eigenvalue weighted by atomic mass is 9.95. The van der Waals surface area contributed by atoms with E-state index in [-0.39, 0.29) is 48.8 Å². The van der Waals surface area contributed by atoms with Crippen molar-refractivity contribution in [3.8, 4) is 11.8 Å². The number of aliphatic hydroxyl groups excluding tert-OH is 1. The summed E-state index contributed by atoms with van der Waals surface area (Å²) in [5.74, 6) is 0.258. The third-order valence-electron chi connectivity index (χ3n) is 7.75. The minimum absolute atomic E-state index is 0.0327. The molecule has 4 aliphatic rings. The first kappa shape index (κ1) is 23.6. The van der Waals surface area contributed by atoms with Gasteiger partial charge in [0.1, 0.15) is 36.5 Å². The molecule has 3 aliphatic heterocycles. The number of rotatable bonds is 7. The van der Waals surface area contributed by atoms with Gasteiger partial charge in [-0.1, -0.05) is 11.6 Å². The van der Waals surface area contributed by atoms with Crippen LogP contribution in [0.25, 0.3) is 11.2 Å². The van der Waals surface area contributed by atoms with Crippen molar-refractivity contribution < 1.29 is 33.2 Å². The molecule has 6 atom stereocenters. The summed E-state index contributed by atoms with van der Waals surface area (Å²) in [5, 5.41) is 10.4. The number of imidazole rings is 1. The Kier molecular flexibility index (Phi) is 5.97. The fourth-order valence-corrected chi connectivity index (χ4v) is 5.96. The molecule has 0 saturated carbocycles. The number of nitrogens with one attached hydrogen (secondary N) is 1. The van der Waals surface area contributed by atoms with Crippen LogP contribution in [-0.2, 0) is 27.1 Å². The standard InChI is InChI=1S/C26H27ClFN3O6/c27-16-8-19-25(31-26(30-19)37-21-11-36-23-20(32)10-35-24(21)23)29-18(16)6-13-2-1-12-5-15(7-17(28)22(12)13)34-9-14-3-4-33-14/h5,7-8,13-14,20-21,23-24,32H,1-4,6,9-11H2,(H,29,30,31)/t13?,14?,20-,21-,23-,24-/m1/s1. The molecule has 1 aromatic carbocycles. The van der Waals surface area contributed by atoms with Crippen LogP contribution in [0.1, 0.15) is 35.6 Å². The Morgan fingerprint density at radius 2 is 1.97 bits per heavy atom. The third kappa shape index (κ3) is 4.34. The van der Waals surface area contributed by atoms with E-state index in [9.17, 15) is 5.11 Å². The number of halogens is 2. The largest absolute Gasteiger partial charge is 0.491 e. The fourth-order valence-electron chi connectivity index (χ4n) is 5.73. The molecular weight excluding hydrogens is 505 g/mol. The van der Waals surface area contributed by atoms with Gasteiger partial charge in [0.15, 0.2) is 11.8 Å². The summed E-state index contributed by atoms with van der Waals surface area (Å²) in [5.41, 5.74) is 3.46. The van der Waals surface area contributed by atoms with Gasteiger partial charge in [0.2, 0.25) is 0 Å². The maximum absolute atomic E-state index is 15.2. The average Bonchev–Trinajstić information content (AvgIpc) is 3.60. The normalized spacial score (nSPS) is 30.4. The first-order chi connectivity index (χ1) is 18.0. The summed E-state index contributed by atoms with van der Waals surface area (Å²) >= 11 is 6.59. The zero-order valence-corrected chi connectivity index (χ0v) is 20.7. The number of benzene rings is 1. The number of aliphatic hydroxyl groups is 1. The van der Waals surface area contributed by atoms with Crippen LogP contribution in [0.4, 0.5) is 4.39 Å². The van der Waals surface area contributed by atoms with Gasteiger partial charge in [-0.2, -0.15) is 4.98 Å². The molecule has 0 spiro atoms. The first-order valence-corrected chi connectivity index (χ1v) is 13.1. The van der Waals surface area contributed by atoms with Crippen molar-refractivity contribution >= 4 is 22.8 Å². The van der Waals surface area contributed by atoms with Crippen LogP contribution >= 0.6 is 11.6 Å². The summed E-state index contributed by atoms with van der Waals surface area (Å²) in [6, 6.07) is 5.47. The van der Waals surface area contributed by atoms with Crippen molar-refractivity contribution in [1.29, 1.82) is 0 Å². The van der Waals surface area contributed by atoms with E-state index >= 15 is 4.39 Å². The average molecular weight is 532 g/mol. The van der Waals surface area contributed by atoms with Crippen molar-refractivity contribution in [2.45, 2.75) is 62.1 Å². The summed E-state index contributed by atoms with van der Waals surface area (Å²) in [6.45, 7) is 1.74. The Balaban J connectivity index is 1.07. The molecule has 2 unspecified atom stereocenters. The number of aromatic nitrogens is 3. The number of hydrogen-bond acceptors (Lipinski definition) is 8. The van der Waals surface area contributed by atoms with E-state index in [0.717, 1.165) is 31.4 Å². The highest BCUT2D eigenvalue weighted by Gasteiger charge is 2.48. The Morgan fingerprint density at radius 1 is 1.11 bits per heavy atom. The molecule has 3 fully saturated rings. The van der Waals surface area contributed by atoms with E-state index in [4.69, 9.17) is 35.3 Å². The highest BCUT2D eigenvalue weighted by atomic mass is 35.5. The quantitative estimate of drug-likeness (QED) is 0.479. The third-order valence-corrected chi connectivity index (χ3v) is 8.08. The van der Waals surface area contributed by atoms with Gasteiger partial charge in [-0.15, -0.1) is 0 Å². The lowest BCUT2D eigenvalue weighted by molar-refractivity contribution is -0.0721. The maximum atomic E-state index is 15.2. The number of nitrogens with zero attached hydrogens (tertiary/aromatic N) is 2. The van der Waals surface area contributed by atoms with Crippen molar-refractivity contribution in [2.24, 2.45) is 0 Å². The van der Waals surface area contributed by atoms with Crippen molar-refractivity contribution in [1.82, 2.24) is 15.0 Å². The van der Waals surface area contributed by atoms with E-state index in [1.165, 1.54) is 6.07 Å². The molecule has 0 bridgehead atoms. The molecule has 2 N–H and O–H groups in total. The predicted octanol–water partition coefficient (Wildman–Crippen LogP) is 3.10. The number of aryl methyl sites for hydroxylation is 1. The van der Waals surface area contributed by atoms with Gasteiger partial charge in [-0.05, 0) is 48.4 Å². The van der Waals surface area contributed by atoms with E-state index in [1.54, 1.807) is 6.07 Å². The summed E-state index contributed by atoms with van der Waals surface area (Å²) < 4.78 is 43.5. The number of ether oxygens (including phenoxy) is 5.